The molecule has 2 unspecified atom stereocenters. The number of hydrogen-bond acceptors (Lipinski definition) is 5. The smallest absolute Gasteiger partial charge is 0.337 e. The van der Waals surface area contributed by atoms with Crippen molar-refractivity contribution in [2.24, 2.45) is 5.73 Å². The van der Waals surface area contributed by atoms with Crippen LogP contribution in [0.3, 0.4) is 0 Å². The van der Waals surface area contributed by atoms with Gasteiger partial charge in [-0.3, -0.25) is 0 Å². The number of aliphatic hydroxyl groups is 1. The van der Waals surface area contributed by atoms with Gasteiger partial charge in [-0.25, -0.2) is 4.79 Å². The Morgan fingerprint density at radius 1 is 1.39 bits per heavy atom. The average Bonchev–Trinajstić information content (AvgIpc) is 2.64. The summed E-state index contributed by atoms with van der Waals surface area (Å²) in [5.41, 5.74) is 9.33. The molecule has 1 aromatic carbocycles. The van der Waals surface area contributed by atoms with Crippen molar-refractivity contribution < 1.29 is 19.7 Å². The summed E-state index contributed by atoms with van der Waals surface area (Å²) < 4.78 is 5.42. The second-order valence-electron chi connectivity index (χ2n) is 7.93. The van der Waals surface area contributed by atoms with Crippen LogP contribution in [-0.2, 0) is 11.2 Å². The second kappa shape index (κ2) is 9.39. The zero-order chi connectivity index (χ0) is 20.9. The van der Waals surface area contributed by atoms with Crippen LogP contribution in [0.25, 0.3) is 0 Å². The first-order chi connectivity index (χ1) is 13.2. The molecule has 0 saturated heterocycles. The zero-order valence-corrected chi connectivity index (χ0v) is 17.3. The third-order valence-electron chi connectivity index (χ3n) is 5.65. The summed E-state index contributed by atoms with van der Waals surface area (Å²) in [6.07, 6.45) is 7.51. The second-order valence-corrected chi connectivity index (χ2v) is 7.93. The van der Waals surface area contributed by atoms with Gasteiger partial charge in [-0.2, -0.15) is 0 Å². The molecule has 0 radical (unpaired) electrons. The summed E-state index contributed by atoms with van der Waals surface area (Å²) in [7, 11) is 0. The van der Waals surface area contributed by atoms with E-state index in [0.29, 0.717) is 12.0 Å². The number of aryl methyl sites for hydroxylation is 1. The normalized spacial score (nSPS) is 21.9. The highest BCUT2D eigenvalue weighted by molar-refractivity contribution is 5.74. The lowest BCUT2D eigenvalue weighted by Crippen LogP contribution is -2.48. The van der Waals surface area contributed by atoms with Gasteiger partial charge in [0.1, 0.15) is 18.1 Å². The summed E-state index contributed by atoms with van der Waals surface area (Å²) in [6, 6.07) is 3.52. The lowest BCUT2D eigenvalue weighted by Gasteiger charge is -2.41. The quantitative estimate of drug-likeness (QED) is 0.270. The number of nitrogens with two attached hydrogens (primary N) is 1. The molecule has 0 aliphatic heterocycles. The number of phenols is 1. The number of rotatable bonds is 8. The highest BCUT2D eigenvalue weighted by Gasteiger charge is 2.41. The predicted octanol–water partition coefficient (Wildman–Crippen LogP) is 4.12. The van der Waals surface area contributed by atoms with E-state index in [4.69, 9.17) is 15.6 Å². The molecule has 0 heterocycles. The molecule has 1 aliphatic rings. The molecule has 0 saturated carbocycles. The Morgan fingerprint density at radius 2 is 2.11 bits per heavy atom. The van der Waals surface area contributed by atoms with Crippen molar-refractivity contribution in [3.05, 3.63) is 47.1 Å². The Hall–Kier alpha value is -2.11. The van der Waals surface area contributed by atoms with Gasteiger partial charge in [0, 0.05) is 17.0 Å². The number of aliphatic hydroxyl groups excluding tert-OH is 1. The van der Waals surface area contributed by atoms with Crippen LogP contribution in [0.15, 0.2) is 35.9 Å². The number of allylic oxidation sites excluding steroid dienone is 1. The van der Waals surface area contributed by atoms with Crippen LogP contribution in [-0.4, -0.2) is 28.3 Å². The third-order valence-corrected chi connectivity index (χ3v) is 5.65. The van der Waals surface area contributed by atoms with Crippen molar-refractivity contribution in [2.45, 2.75) is 70.8 Å². The molecule has 154 valence electrons. The number of ether oxygens (including phenoxy) is 1. The van der Waals surface area contributed by atoms with Crippen LogP contribution >= 0.6 is 0 Å². The molecule has 1 aromatic rings. The van der Waals surface area contributed by atoms with Crippen LogP contribution in [0.4, 0.5) is 0 Å². The van der Waals surface area contributed by atoms with E-state index >= 15 is 0 Å². The fraction of sp³-hybridized carbons (Fsp3) is 0.522. The molecular formula is C23H33NO4. The van der Waals surface area contributed by atoms with E-state index < -0.39 is 18.1 Å². The molecule has 1 aliphatic carbocycles. The van der Waals surface area contributed by atoms with E-state index in [0.717, 1.165) is 48.8 Å². The van der Waals surface area contributed by atoms with Crippen LogP contribution in [0.5, 0.6) is 11.5 Å². The molecule has 0 spiro atoms. The first-order valence-corrected chi connectivity index (χ1v) is 10.0. The molecule has 4 N–H and O–H groups in total. The molecule has 2 atom stereocenters. The van der Waals surface area contributed by atoms with Crippen molar-refractivity contribution in [3.8, 4) is 11.5 Å². The molecule has 0 amide bonds. The Morgan fingerprint density at radius 3 is 2.71 bits per heavy atom. The van der Waals surface area contributed by atoms with Gasteiger partial charge in [0.25, 0.3) is 0 Å². The van der Waals surface area contributed by atoms with Crippen molar-refractivity contribution in [1.82, 2.24) is 0 Å². The van der Waals surface area contributed by atoms with E-state index in [2.05, 4.69) is 13.5 Å². The molecule has 0 fully saturated rings. The summed E-state index contributed by atoms with van der Waals surface area (Å²) in [4.78, 5) is 11.8. The average molecular weight is 388 g/mol. The van der Waals surface area contributed by atoms with Crippen molar-refractivity contribution in [2.75, 3.05) is 6.61 Å². The number of unbranched alkanes of at least 4 members (excludes halogenated alkanes) is 2. The van der Waals surface area contributed by atoms with Crippen molar-refractivity contribution in [1.29, 1.82) is 0 Å². The largest absolute Gasteiger partial charge is 0.507 e. The van der Waals surface area contributed by atoms with E-state index in [9.17, 15) is 9.90 Å². The maximum atomic E-state index is 11.8. The van der Waals surface area contributed by atoms with Crippen LogP contribution in [0.1, 0.15) is 69.9 Å². The van der Waals surface area contributed by atoms with Crippen LogP contribution in [0.2, 0.25) is 0 Å². The number of hydrogen-bond donors (Lipinski definition) is 3. The van der Waals surface area contributed by atoms with Crippen molar-refractivity contribution >= 4 is 5.97 Å². The number of phenolic OH excluding ortho intramolecular Hbond substituents is 1. The lowest BCUT2D eigenvalue weighted by molar-refractivity contribution is -0.137. The SMILES string of the molecule is C=C(C)C1(N)CCC(C)=CC1c1c(O)cc(CCCCC)cc1OC(=O)CO. The fourth-order valence-corrected chi connectivity index (χ4v) is 3.84. The molecular weight excluding hydrogens is 354 g/mol. The Balaban J connectivity index is 2.57. The molecule has 0 bridgehead atoms. The van der Waals surface area contributed by atoms with Gasteiger partial charge in [-0.1, -0.05) is 43.6 Å². The predicted molar refractivity (Wildman–Crippen MR) is 112 cm³/mol. The van der Waals surface area contributed by atoms with Gasteiger partial charge < -0.3 is 20.7 Å². The first kappa shape index (κ1) is 22.2. The van der Waals surface area contributed by atoms with Crippen LogP contribution in [0, 0.1) is 0 Å². The monoisotopic (exact) mass is 387 g/mol. The minimum absolute atomic E-state index is 0.0572. The summed E-state index contributed by atoms with van der Waals surface area (Å²) >= 11 is 0. The minimum Gasteiger partial charge on any atom is -0.507 e. The maximum Gasteiger partial charge on any atom is 0.337 e. The first-order valence-electron chi connectivity index (χ1n) is 10.0. The van der Waals surface area contributed by atoms with Gasteiger partial charge >= 0.3 is 5.97 Å². The Bertz CT molecular complexity index is 768. The van der Waals surface area contributed by atoms with Crippen LogP contribution < -0.4 is 10.5 Å². The topological polar surface area (TPSA) is 92.8 Å². The van der Waals surface area contributed by atoms with Gasteiger partial charge in [0.05, 0.1) is 0 Å². The standard InChI is InChI=1S/C23H33NO4/c1-5-6-7-8-17-12-19(26)22(20(13-17)28-21(27)14-25)18-11-16(4)9-10-23(18,24)15(2)3/h11-13,18,25-26H,2,5-10,14,24H2,1,3-4H3. The van der Waals surface area contributed by atoms with E-state index in [-0.39, 0.29) is 17.4 Å². The number of carbonyl (C=O) groups is 1. The van der Waals surface area contributed by atoms with Gasteiger partial charge in [0.15, 0.2) is 0 Å². The van der Waals surface area contributed by atoms with Gasteiger partial charge in [-0.05, 0) is 57.2 Å². The highest BCUT2D eigenvalue weighted by atomic mass is 16.5. The third kappa shape index (κ3) is 4.83. The molecule has 2 rings (SSSR count). The summed E-state index contributed by atoms with van der Waals surface area (Å²) in [5.74, 6) is -0.815. The molecule has 5 nitrogen and oxygen atoms in total. The van der Waals surface area contributed by atoms with E-state index in [1.807, 2.05) is 19.9 Å². The number of benzene rings is 1. The number of esters is 1. The Labute approximate surface area is 167 Å². The summed E-state index contributed by atoms with van der Waals surface area (Å²) in [6.45, 7) is 9.39. The highest BCUT2D eigenvalue weighted by Crippen LogP contribution is 2.48. The van der Waals surface area contributed by atoms with Gasteiger partial charge in [0.2, 0.25) is 0 Å². The molecule has 5 heteroatoms. The number of carbonyl (C=O) groups excluding carboxylic acids is 1. The molecule has 0 aromatic heterocycles. The minimum atomic E-state index is -0.763. The van der Waals surface area contributed by atoms with Gasteiger partial charge in [-0.15, -0.1) is 0 Å². The molecule has 28 heavy (non-hydrogen) atoms. The Kier molecular flexibility index (Phi) is 7.44. The van der Waals surface area contributed by atoms with E-state index in [1.54, 1.807) is 12.1 Å². The maximum absolute atomic E-state index is 11.8. The summed E-state index contributed by atoms with van der Waals surface area (Å²) in [5, 5.41) is 20.1. The zero-order valence-electron chi connectivity index (χ0n) is 17.3. The van der Waals surface area contributed by atoms with E-state index in [1.165, 1.54) is 0 Å². The lowest BCUT2D eigenvalue weighted by atomic mass is 9.68. The fourth-order valence-electron chi connectivity index (χ4n) is 3.84. The number of aromatic hydroxyl groups is 1. The van der Waals surface area contributed by atoms with Crippen molar-refractivity contribution in [3.63, 3.8) is 0 Å².